The summed E-state index contributed by atoms with van der Waals surface area (Å²) < 4.78 is 18.6. The Morgan fingerprint density at radius 1 is 0.944 bits per heavy atom. The first-order valence-corrected chi connectivity index (χ1v) is 12.1. The summed E-state index contributed by atoms with van der Waals surface area (Å²) in [5, 5.41) is 6.93. The zero-order valence-corrected chi connectivity index (χ0v) is 20.2. The minimum atomic E-state index is -0.332. The molecule has 0 bridgehead atoms. The molecule has 0 saturated carbocycles. The van der Waals surface area contributed by atoms with Crippen LogP contribution in [0.25, 0.3) is 22.8 Å². The monoisotopic (exact) mass is 485 g/mol. The van der Waals surface area contributed by atoms with E-state index in [0.717, 1.165) is 45.0 Å². The van der Waals surface area contributed by atoms with Crippen LogP contribution in [0.4, 0.5) is 10.1 Å². The van der Waals surface area contributed by atoms with Crippen molar-refractivity contribution in [3.05, 3.63) is 89.7 Å². The van der Waals surface area contributed by atoms with Gasteiger partial charge in [-0.05, 0) is 66.7 Å². The quantitative estimate of drug-likeness (QED) is 0.400. The Hall–Kier alpha value is -3.88. The largest absolute Gasteiger partial charge is 0.334 e. The van der Waals surface area contributed by atoms with Crippen molar-refractivity contribution in [2.24, 2.45) is 0 Å². The van der Waals surface area contributed by atoms with Crippen molar-refractivity contribution in [2.45, 2.75) is 13.5 Å². The molecule has 0 atom stereocenters. The predicted molar refractivity (Wildman–Crippen MR) is 137 cm³/mol. The van der Waals surface area contributed by atoms with Crippen molar-refractivity contribution >= 4 is 11.6 Å². The molecule has 36 heavy (non-hydrogen) atoms. The molecule has 3 aromatic carbocycles. The SMILES string of the molecule is CCN1CCN(Cc2ccc(NC(=O)c3cccc(-c4nc(-c5ccc(F)cc5)no4)c3)cc2)CC1. The average Bonchev–Trinajstić information content (AvgIpc) is 3.41. The Bertz CT molecular complexity index is 1310. The van der Waals surface area contributed by atoms with Crippen LogP contribution in [0, 0.1) is 5.82 Å². The number of likely N-dealkylation sites (N-methyl/N-ethyl adjacent to an activating group) is 1. The molecular weight excluding hydrogens is 457 g/mol. The first-order valence-electron chi connectivity index (χ1n) is 12.1. The van der Waals surface area contributed by atoms with Crippen LogP contribution in [0.5, 0.6) is 0 Å². The molecule has 4 aromatic rings. The predicted octanol–water partition coefficient (Wildman–Crippen LogP) is 4.93. The molecule has 0 radical (unpaired) electrons. The second kappa shape index (κ2) is 10.8. The van der Waals surface area contributed by atoms with Gasteiger partial charge in [0.15, 0.2) is 0 Å². The second-order valence-corrected chi connectivity index (χ2v) is 8.87. The fourth-order valence-corrected chi connectivity index (χ4v) is 4.27. The van der Waals surface area contributed by atoms with Gasteiger partial charge in [0.05, 0.1) is 0 Å². The van der Waals surface area contributed by atoms with Gasteiger partial charge in [0.2, 0.25) is 5.82 Å². The highest BCUT2D eigenvalue weighted by molar-refractivity contribution is 6.04. The number of benzene rings is 3. The molecule has 1 aromatic heterocycles. The van der Waals surface area contributed by atoms with Gasteiger partial charge in [0.1, 0.15) is 5.82 Å². The maximum Gasteiger partial charge on any atom is 0.258 e. The van der Waals surface area contributed by atoms with Crippen LogP contribution in [-0.4, -0.2) is 58.6 Å². The molecule has 184 valence electrons. The second-order valence-electron chi connectivity index (χ2n) is 8.87. The molecule has 8 heteroatoms. The first kappa shape index (κ1) is 23.8. The number of aromatic nitrogens is 2. The third-order valence-corrected chi connectivity index (χ3v) is 6.43. The Kier molecular flexibility index (Phi) is 7.16. The van der Waals surface area contributed by atoms with Crippen LogP contribution in [0.3, 0.4) is 0 Å². The molecule has 5 rings (SSSR count). The average molecular weight is 486 g/mol. The Balaban J connectivity index is 1.21. The van der Waals surface area contributed by atoms with E-state index in [0.29, 0.717) is 22.5 Å². The van der Waals surface area contributed by atoms with Gasteiger partial charge in [0.25, 0.3) is 11.8 Å². The normalized spacial score (nSPS) is 14.6. The molecule has 0 aliphatic carbocycles. The molecule has 0 unspecified atom stereocenters. The molecular formula is C28H28FN5O2. The summed E-state index contributed by atoms with van der Waals surface area (Å²) in [5.74, 6) is 0.0835. The number of amides is 1. The summed E-state index contributed by atoms with van der Waals surface area (Å²) in [6.07, 6.45) is 0. The van der Waals surface area contributed by atoms with Gasteiger partial charge >= 0.3 is 0 Å². The van der Waals surface area contributed by atoms with Crippen LogP contribution >= 0.6 is 0 Å². The molecule has 1 aliphatic rings. The number of hydrogen-bond acceptors (Lipinski definition) is 6. The number of carbonyl (C=O) groups is 1. The van der Waals surface area contributed by atoms with E-state index in [1.807, 2.05) is 12.1 Å². The summed E-state index contributed by atoms with van der Waals surface area (Å²) in [5.41, 5.74) is 3.72. The number of carbonyl (C=O) groups excluding carboxylic acids is 1. The summed E-state index contributed by atoms with van der Waals surface area (Å²) in [6.45, 7) is 8.61. The van der Waals surface area contributed by atoms with E-state index in [-0.39, 0.29) is 17.6 Å². The van der Waals surface area contributed by atoms with Crippen LogP contribution in [0.15, 0.2) is 77.3 Å². The van der Waals surface area contributed by atoms with E-state index in [2.05, 4.69) is 44.3 Å². The van der Waals surface area contributed by atoms with Crippen LogP contribution in [-0.2, 0) is 6.54 Å². The van der Waals surface area contributed by atoms with Gasteiger partial charge in [0, 0.05) is 55.1 Å². The molecule has 0 spiro atoms. The molecule has 1 saturated heterocycles. The van der Waals surface area contributed by atoms with Crippen molar-refractivity contribution in [2.75, 3.05) is 38.0 Å². The lowest BCUT2D eigenvalue weighted by Gasteiger charge is -2.34. The van der Waals surface area contributed by atoms with Crippen molar-refractivity contribution < 1.29 is 13.7 Å². The third kappa shape index (κ3) is 5.67. The fourth-order valence-electron chi connectivity index (χ4n) is 4.27. The first-order chi connectivity index (χ1) is 17.6. The van der Waals surface area contributed by atoms with Crippen LogP contribution < -0.4 is 5.32 Å². The molecule has 2 heterocycles. The fraction of sp³-hybridized carbons (Fsp3) is 0.250. The lowest BCUT2D eigenvalue weighted by atomic mass is 10.1. The maximum atomic E-state index is 13.2. The smallest absolute Gasteiger partial charge is 0.258 e. The Morgan fingerprint density at radius 2 is 1.67 bits per heavy atom. The van der Waals surface area contributed by atoms with Crippen LogP contribution in [0.2, 0.25) is 0 Å². The van der Waals surface area contributed by atoms with E-state index in [1.54, 1.807) is 36.4 Å². The number of nitrogens with one attached hydrogen (secondary N) is 1. The van der Waals surface area contributed by atoms with Crippen LogP contribution in [0.1, 0.15) is 22.8 Å². The third-order valence-electron chi connectivity index (χ3n) is 6.43. The van der Waals surface area contributed by atoms with Gasteiger partial charge < -0.3 is 14.7 Å². The van der Waals surface area contributed by atoms with E-state index in [1.165, 1.54) is 17.7 Å². The molecule has 1 N–H and O–H groups in total. The van der Waals surface area contributed by atoms with Crippen molar-refractivity contribution in [3.8, 4) is 22.8 Å². The van der Waals surface area contributed by atoms with E-state index in [4.69, 9.17) is 4.52 Å². The van der Waals surface area contributed by atoms with E-state index >= 15 is 0 Å². The topological polar surface area (TPSA) is 74.5 Å². The highest BCUT2D eigenvalue weighted by atomic mass is 19.1. The highest BCUT2D eigenvalue weighted by Gasteiger charge is 2.16. The summed E-state index contributed by atoms with van der Waals surface area (Å²) in [6, 6.07) is 20.9. The Morgan fingerprint density at radius 3 is 2.39 bits per heavy atom. The number of nitrogens with zero attached hydrogens (tertiary/aromatic N) is 4. The number of rotatable bonds is 7. The van der Waals surface area contributed by atoms with E-state index in [9.17, 15) is 9.18 Å². The number of hydrogen-bond donors (Lipinski definition) is 1. The molecule has 7 nitrogen and oxygen atoms in total. The minimum absolute atomic E-state index is 0.224. The molecule has 1 fully saturated rings. The van der Waals surface area contributed by atoms with Gasteiger partial charge in [-0.25, -0.2) is 4.39 Å². The summed E-state index contributed by atoms with van der Waals surface area (Å²) in [7, 11) is 0. The van der Waals surface area contributed by atoms with Gasteiger partial charge in [-0.2, -0.15) is 4.98 Å². The lowest BCUT2D eigenvalue weighted by Crippen LogP contribution is -2.45. The van der Waals surface area contributed by atoms with Gasteiger partial charge in [-0.3, -0.25) is 9.69 Å². The van der Waals surface area contributed by atoms with Gasteiger partial charge in [-0.1, -0.05) is 30.3 Å². The highest BCUT2D eigenvalue weighted by Crippen LogP contribution is 2.24. The molecule has 1 amide bonds. The summed E-state index contributed by atoms with van der Waals surface area (Å²) in [4.78, 5) is 22.2. The Labute approximate surface area is 209 Å². The number of piperazine rings is 1. The summed E-state index contributed by atoms with van der Waals surface area (Å²) >= 11 is 0. The zero-order chi connectivity index (χ0) is 24.9. The lowest BCUT2D eigenvalue weighted by molar-refractivity contribution is 0.102. The maximum absolute atomic E-state index is 13.2. The van der Waals surface area contributed by atoms with E-state index < -0.39 is 0 Å². The zero-order valence-electron chi connectivity index (χ0n) is 20.2. The molecule has 1 aliphatic heterocycles. The standard InChI is InChI=1S/C28H28FN5O2/c1-2-33-14-16-34(17-15-33)19-20-6-12-25(13-7-20)30-27(35)22-4-3-5-23(18-22)28-31-26(32-36-28)21-8-10-24(29)11-9-21/h3-13,18H,2,14-17,19H2,1H3,(H,30,35). The van der Waals surface area contributed by atoms with Crippen molar-refractivity contribution in [1.29, 1.82) is 0 Å². The van der Waals surface area contributed by atoms with Gasteiger partial charge in [-0.15, -0.1) is 0 Å². The van der Waals surface area contributed by atoms with Crippen molar-refractivity contribution in [3.63, 3.8) is 0 Å². The number of halogens is 1. The number of anilines is 1. The van der Waals surface area contributed by atoms with Crippen molar-refractivity contribution in [1.82, 2.24) is 19.9 Å². The minimum Gasteiger partial charge on any atom is -0.334 e.